The molecule has 6 heteroatoms. The van der Waals surface area contributed by atoms with E-state index in [1.165, 1.54) is 4.88 Å². The summed E-state index contributed by atoms with van der Waals surface area (Å²) < 4.78 is 5.21. The van der Waals surface area contributed by atoms with Crippen molar-refractivity contribution in [3.8, 4) is 16.9 Å². The number of carbonyl (C=O) groups excluding carboxylic acids is 1. The fraction of sp³-hybridized carbons (Fsp3) is 0.389. The third-order valence-corrected chi connectivity index (χ3v) is 5.33. The molecule has 1 N–H and O–H groups in total. The van der Waals surface area contributed by atoms with Crippen molar-refractivity contribution < 1.29 is 9.53 Å². The molecule has 1 aromatic carbocycles. The molecule has 0 saturated carbocycles. The summed E-state index contributed by atoms with van der Waals surface area (Å²) in [6, 6.07) is 10.2. The van der Waals surface area contributed by atoms with Crippen molar-refractivity contribution in [2.45, 2.75) is 19.9 Å². The summed E-state index contributed by atoms with van der Waals surface area (Å²) in [5, 5.41) is 3.32. The van der Waals surface area contributed by atoms with Gasteiger partial charge in [-0.15, -0.1) is 23.7 Å². The van der Waals surface area contributed by atoms with Gasteiger partial charge >= 0.3 is 0 Å². The smallest absolute Gasteiger partial charge is 0.264 e. The van der Waals surface area contributed by atoms with Crippen LogP contribution in [0.5, 0.6) is 5.75 Å². The van der Waals surface area contributed by atoms with E-state index < -0.39 is 0 Å². The predicted octanol–water partition coefficient (Wildman–Crippen LogP) is 3.59. The molecule has 1 fully saturated rings. The van der Waals surface area contributed by atoms with Crippen LogP contribution in [0.4, 0.5) is 0 Å². The predicted molar refractivity (Wildman–Crippen MR) is 102 cm³/mol. The highest BCUT2D eigenvalue weighted by Crippen LogP contribution is 2.32. The number of thiophene rings is 1. The average Bonchev–Trinajstić information content (AvgIpc) is 2.96. The first-order valence-corrected chi connectivity index (χ1v) is 8.68. The second kappa shape index (κ2) is 8.01. The van der Waals surface area contributed by atoms with Gasteiger partial charge in [-0.3, -0.25) is 4.79 Å². The van der Waals surface area contributed by atoms with E-state index in [0.29, 0.717) is 0 Å². The zero-order chi connectivity index (χ0) is 16.4. The van der Waals surface area contributed by atoms with Crippen LogP contribution >= 0.6 is 23.7 Å². The summed E-state index contributed by atoms with van der Waals surface area (Å²) in [6.07, 6.45) is 0. The average molecular weight is 367 g/mol. The van der Waals surface area contributed by atoms with Gasteiger partial charge in [-0.1, -0.05) is 12.1 Å². The van der Waals surface area contributed by atoms with Crippen LogP contribution in [0.3, 0.4) is 0 Å². The molecule has 0 radical (unpaired) electrons. The number of hydrogen-bond acceptors (Lipinski definition) is 4. The van der Waals surface area contributed by atoms with Crippen molar-refractivity contribution >= 4 is 29.7 Å². The minimum absolute atomic E-state index is 0. The maximum atomic E-state index is 12.8. The van der Waals surface area contributed by atoms with Crippen molar-refractivity contribution in [3.05, 3.63) is 40.1 Å². The number of nitrogens with zero attached hydrogens (tertiary/aromatic N) is 1. The van der Waals surface area contributed by atoms with Crippen molar-refractivity contribution in [1.29, 1.82) is 0 Å². The number of aryl methyl sites for hydroxylation is 1. The van der Waals surface area contributed by atoms with Gasteiger partial charge in [-0.05, 0) is 43.2 Å². The number of rotatable bonds is 3. The maximum Gasteiger partial charge on any atom is 0.264 e. The van der Waals surface area contributed by atoms with Crippen LogP contribution in [-0.4, -0.2) is 43.6 Å². The highest BCUT2D eigenvalue weighted by atomic mass is 35.5. The highest BCUT2D eigenvalue weighted by Gasteiger charge is 2.25. The Morgan fingerprint density at radius 1 is 1.33 bits per heavy atom. The normalized spacial score (nSPS) is 17.3. The molecule has 1 saturated heterocycles. The lowest BCUT2D eigenvalue weighted by Gasteiger charge is -2.33. The number of piperazine rings is 1. The number of methoxy groups -OCH3 is 1. The van der Waals surface area contributed by atoms with Gasteiger partial charge in [0.25, 0.3) is 5.91 Å². The van der Waals surface area contributed by atoms with Crippen LogP contribution in [0.25, 0.3) is 11.1 Å². The number of ether oxygens (including phenoxy) is 1. The molecule has 4 nitrogen and oxygen atoms in total. The summed E-state index contributed by atoms with van der Waals surface area (Å²) in [7, 11) is 1.66. The topological polar surface area (TPSA) is 41.6 Å². The van der Waals surface area contributed by atoms with Crippen LogP contribution in [0.1, 0.15) is 21.5 Å². The molecule has 130 valence electrons. The van der Waals surface area contributed by atoms with Gasteiger partial charge in [0, 0.05) is 30.6 Å². The van der Waals surface area contributed by atoms with Gasteiger partial charge < -0.3 is 15.0 Å². The van der Waals surface area contributed by atoms with Crippen LogP contribution in [-0.2, 0) is 0 Å². The Labute approximate surface area is 153 Å². The monoisotopic (exact) mass is 366 g/mol. The Morgan fingerprint density at radius 2 is 2.04 bits per heavy atom. The number of carbonyl (C=O) groups is 1. The molecule has 2 heterocycles. The first-order valence-electron chi connectivity index (χ1n) is 7.86. The van der Waals surface area contributed by atoms with Crippen molar-refractivity contribution in [1.82, 2.24) is 10.2 Å². The summed E-state index contributed by atoms with van der Waals surface area (Å²) in [5.74, 6) is 0.986. The Balaban J connectivity index is 0.00000208. The quantitative estimate of drug-likeness (QED) is 0.902. The summed E-state index contributed by atoms with van der Waals surface area (Å²) in [4.78, 5) is 16.8. The molecule has 1 aromatic heterocycles. The van der Waals surface area contributed by atoms with E-state index in [9.17, 15) is 4.79 Å². The Kier molecular flexibility index (Phi) is 6.27. The fourth-order valence-corrected chi connectivity index (χ4v) is 3.93. The van der Waals surface area contributed by atoms with Crippen LogP contribution in [0, 0.1) is 6.92 Å². The van der Waals surface area contributed by atoms with E-state index in [-0.39, 0.29) is 24.4 Å². The van der Waals surface area contributed by atoms with E-state index >= 15 is 0 Å². The lowest BCUT2D eigenvalue weighted by Crippen LogP contribution is -2.52. The molecule has 24 heavy (non-hydrogen) atoms. The molecule has 1 atom stereocenters. The number of halogens is 1. The molecule has 0 spiro atoms. The molecule has 1 aliphatic heterocycles. The molecule has 1 aliphatic rings. The van der Waals surface area contributed by atoms with Crippen molar-refractivity contribution in [2.75, 3.05) is 26.7 Å². The van der Waals surface area contributed by atoms with Gasteiger partial charge in [-0.25, -0.2) is 0 Å². The van der Waals surface area contributed by atoms with Crippen molar-refractivity contribution in [2.24, 2.45) is 0 Å². The van der Waals surface area contributed by atoms with Gasteiger partial charge in [0.2, 0.25) is 0 Å². The van der Waals surface area contributed by atoms with Gasteiger partial charge in [0.1, 0.15) is 5.75 Å². The first kappa shape index (κ1) is 18.8. The number of hydrogen-bond donors (Lipinski definition) is 1. The third kappa shape index (κ3) is 3.74. The number of benzene rings is 1. The zero-order valence-corrected chi connectivity index (χ0v) is 15.8. The minimum atomic E-state index is 0. The van der Waals surface area contributed by atoms with E-state index in [0.717, 1.165) is 41.4 Å². The molecule has 1 amide bonds. The standard InChI is InChI=1S/C18H22N2O2S.ClH/c1-12-11-19-8-9-20(12)18(21)17-10-16(13(2)23-17)14-4-6-15(22-3)7-5-14;/h4-7,10,12,19H,8-9,11H2,1-3H3;1H/t12-;/m0./s1. The second-order valence-electron chi connectivity index (χ2n) is 5.86. The number of amides is 1. The molecular weight excluding hydrogens is 344 g/mol. The van der Waals surface area contributed by atoms with Gasteiger partial charge in [0.05, 0.1) is 12.0 Å². The lowest BCUT2D eigenvalue weighted by molar-refractivity contribution is 0.0661. The molecular formula is C18H23ClN2O2S. The first-order chi connectivity index (χ1) is 11.1. The lowest BCUT2D eigenvalue weighted by atomic mass is 10.1. The fourth-order valence-electron chi connectivity index (χ4n) is 2.93. The SMILES string of the molecule is COc1ccc(-c2cc(C(=O)N3CCNC[C@@H]3C)sc2C)cc1.Cl. The third-order valence-electron chi connectivity index (χ3n) is 4.29. The molecule has 0 bridgehead atoms. The Bertz CT molecular complexity index is 700. The number of nitrogens with one attached hydrogen (secondary N) is 1. The van der Waals surface area contributed by atoms with Crippen LogP contribution in [0.2, 0.25) is 0 Å². The minimum Gasteiger partial charge on any atom is -0.497 e. The van der Waals surface area contributed by atoms with E-state index in [1.54, 1.807) is 18.4 Å². The summed E-state index contributed by atoms with van der Waals surface area (Å²) in [5.41, 5.74) is 2.25. The summed E-state index contributed by atoms with van der Waals surface area (Å²) >= 11 is 1.58. The van der Waals surface area contributed by atoms with Gasteiger partial charge in [0.15, 0.2) is 0 Å². The second-order valence-corrected chi connectivity index (χ2v) is 7.12. The molecule has 3 rings (SSSR count). The Hall–Kier alpha value is -1.56. The van der Waals surface area contributed by atoms with E-state index in [1.807, 2.05) is 35.2 Å². The summed E-state index contributed by atoms with van der Waals surface area (Å²) in [6.45, 7) is 6.67. The van der Waals surface area contributed by atoms with E-state index in [2.05, 4.69) is 19.2 Å². The van der Waals surface area contributed by atoms with Crippen LogP contribution < -0.4 is 10.1 Å². The molecule has 2 aromatic rings. The molecule has 0 aliphatic carbocycles. The van der Waals surface area contributed by atoms with Crippen molar-refractivity contribution in [3.63, 3.8) is 0 Å². The van der Waals surface area contributed by atoms with Gasteiger partial charge in [-0.2, -0.15) is 0 Å². The maximum absolute atomic E-state index is 12.8. The van der Waals surface area contributed by atoms with Crippen LogP contribution in [0.15, 0.2) is 30.3 Å². The Morgan fingerprint density at radius 3 is 2.67 bits per heavy atom. The highest BCUT2D eigenvalue weighted by molar-refractivity contribution is 7.14. The largest absolute Gasteiger partial charge is 0.497 e. The zero-order valence-electron chi connectivity index (χ0n) is 14.2. The van der Waals surface area contributed by atoms with E-state index in [4.69, 9.17) is 4.74 Å². The molecule has 0 unspecified atom stereocenters.